The summed E-state index contributed by atoms with van der Waals surface area (Å²) in [6, 6.07) is 7.36. The van der Waals surface area contributed by atoms with E-state index < -0.39 is 5.97 Å². The topological polar surface area (TPSA) is 80.8 Å². The number of fused-ring (bicyclic) bond motifs is 1. The van der Waals surface area contributed by atoms with E-state index in [-0.39, 0.29) is 18.2 Å². The van der Waals surface area contributed by atoms with Crippen molar-refractivity contribution in [2.24, 2.45) is 0 Å². The smallest absolute Gasteiger partial charge is 0.267 e. The monoisotopic (exact) mass is 389 g/mol. The minimum Gasteiger partial charge on any atom is -0.550 e. The summed E-state index contributed by atoms with van der Waals surface area (Å²) in [5.74, 6) is -1.53. The van der Waals surface area contributed by atoms with Gasteiger partial charge >= 0.3 is 0 Å². The van der Waals surface area contributed by atoms with Gasteiger partial charge in [0.2, 0.25) is 0 Å². The second kappa shape index (κ2) is 7.59. The number of amides is 2. The van der Waals surface area contributed by atoms with Crippen LogP contribution >= 0.6 is 24.0 Å². The molecule has 0 saturated carbocycles. The summed E-state index contributed by atoms with van der Waals surface area (Å²) < 4.78 is 0.428. The van der Waals surface area contributed by atoms with E-state index in [2.05, 4.69) is 0 Å². The van der Waals surface area contributed by atoms with Crippen molar-refractivity contribution in [1.29, 1.82) is 0 Å². The van der Waals surface area contributed by atoms with Crippen LogP contribution < -0.4 is 10.0 Å². The van der Waals surface area contributed by atoms with Gasteiger partial charge < -0.3 is 14.8 Å². The highest BCUT2D eigenvalue weighted by Crippen LogP contribution is 2.43. The fraction of sp³-hybridized carbons (Fsp3) is 0.333. The van der Waals surface area contributed by atoms with E-state index in [0.717, 1.165) is 23.0 Å². The zero-order valence-electron chi connectivity index (χ0n) is 14.2. The molecule has 1 aromatic carbocycles. The van der Waals surface area contributed by atoms with Gasteiger partial charge in [-0.3, -0.25) is 14.5 Å². The van der Waals surface area contributed by atoms with Gasteiger partial charge in [-0.15, -0.1) is 0 Å². The molecule has 6 nitrogen and oxygen atoms in total. The highest BCUT2D eigenvalue weighted by atomic mass is 32.2. The van der Waals surface area contributed by atoms with Crippen LogP contribution in [0.4, 0.5) is 5.69 Å². The van der Waals surface area contributed by atoms with Crippen molar-refractivity contribution < 1.29 is 19.5 Å². The van der Waals surface area contributed by atoms with Crippen LogP contribution in [0.2, 0.25) is 0 Å². The first-order valence-corrected chi connectivity index (χ1v) is 9.49. The molecule has 3 rings (SSSR count). The molecule has 0 unspecified atom stereocenters. The number of rotatable bonds is 6. The molecule has 8 heteroatoms. The average Bonchev–Trinajstić information content (AvgIpc) is 3.02. The Morgan fingerprint density at radius 1 is 1.15 bits per heavy atom. The van der Waals surface area contributed by atoms with Crippen molar-refractivity contribution in [2.75, 3.05) is 18.5 Å². The molecule has 2 aliphatic heterocycles. The number of likely N-dealkylation sites (N-methyl/N-ethyl adjacent to an activating group) is 1. The molecular formula is C18H17N2O4S2-. The van der Waals surface area contributed by atoms with E-state index >= 15 is 0 Å². The average molecular weight is 389 g/mol. The van der Waals surface area contributed by atoms with Gasteiger partial charge in [-0.1, -0.05) is 48.6 Å². The van der Waals surface area contributed by atoms with Crippen molar-refractivity contribution >= 4 is 57.3 Å². The van der Waals surface area contributed by atoms with Gasteiger partial charge in [-0.2, -0.15) is 0 Å². The van der Waals surface area contributed by atoms with Crippen LogP contribution in [0.25, 0.3) is 5.57 Å². The van der Waals surface area contributed by atoms with E-state index in [1.807, 2.05) is 24.3 Å². The number of nitrogens with zero attached hydrogens (tertiary/aromatic N) is 2. The first-order valence-electron chi connectivity index (χ1n) is 8.27. The first kappa shape index (κ1) is 18.6. The summed E-state index contributed by atoms with van der Waals surface area (Å²) in [6.07, 6.45) is 1.84. The third-order valence-electron chi connectivity index (χ3n) is 4.39. The zero-order valence-corrected chi connectivity index (χ0v) is 15.8. The molecule has 136 valence electrons. The molecule has 2 aliphatic rings. The highest BCUT2D eigenvalue weighted by molar-refractivity contribution is 8.26. The number of aliphatic carboxylic acids is 1. The summed E-state index contributed by atoms with van der Waals surface area (Å²) in [6.45, 7) is 0.417. The molecule has 26 heavy (non-hydrogen) atoms. The van der Waals surface area contributed by atoms with E-state index in [1.165, 1.54) is 9.80 Å². The number of para-hydroxylation sites is 1. The third kappa shape index (κ3) is 3.39. The standard InChI is InChI=1S/C18H18N2O4S2/c1-19-12-8-5-4-7-11(12)14(16(19)23)15-17(24)20(18(25)26-15)10-6-2-3-9-13(21)22/h4-5,7-8H,2-3,6,9-10H2,1H3,(H,21,22)/p-1. The highest BCUT2D eigenvalue weighted by Gasteiger charge is 2.40. The Balaban J connectivity index is 1.77. The van der Waals surface area contributed by atoms with Gasteiger partial charge in [-0.25, -0.2) is 0 Å². The van der Waals surface area contributed by atoms with Gasteiger partial charge in [0, 0.05) is 25.1 Å². The summed E-state index contributed by atoms with van der Waals surface area (Å²) in [4.78, 5) is 39.3. The Morgan fingerprint density at radius 2 is 1.88 bits per heavy atom. The van der Waals surface area contributed by atoms with Crippen LogP contribution in [0.1, 0.15) is 31.2 Å². The maximum atomic E-state index is 12.8. The Labute approximate surface area is 160 Å². The fourth-order valence-corrected chi connectivity index (χ4v) is 4.43. The summed E-state index contributed by atoms with van der Waals surface area (Å²) in [5.41, 5.74) is 1.93. The van der Waals surface area contributed by atoms with Crippen LogP contribution in [-0.4, -0.2) is 40.6 Å². The van der Waals surface area contributed by atoms with Gasteiger partial charge in [0.05, 0.1) is 16.2 Å². The third-order valence-corrected chi connectivity index (χ3v) is 5.84. The maximum absolute atomic E-state index is 12.8. The van der Waals surface area contributed by atoms with Crippen LogP contribution in [0.5, 0.6) is 0 Å². The molecule has 2 amide bonds. The Kier molecular flexibility index (Phi) is 5.43. The number of anilines is 1. The van der Waals surface area contributed by atoms with Crippen molar-refractivity contribution in [2.45, 2.75) is 25.7 Å². The van der Waals surface area contributed by atoms with Crippen LogP contribution in [0.15, 0.2) is 29.2 Å². The molecule has 2 heterocycles. The number of benzene rings is 1. The summed E-state index contributed by atoms with van der Waals surface area (Å²) in [5, 5.41) is 10.4. The lowest BCUT2D eigenvalue weighted by molar-refractivity contribution is -0.305. The lowest BCUT2D eigenvalue weighted by Gasteiger charge is -2.14. The molecule has 0 radical (unpaired) electrons. The molecule has 0 bridgehead atoms. The van der Waals surface area contributed by atoms with Crippen LogP contribution in [-0.2, 0) is 14.4 Å². The second-order valence-corrected chi connectivity index (χ2v) is 7.74. The summed E-state index contributed by atoms with van der Waals surface area (Å²) in [7, 11) is 1.69. The lowest BCUT2D eigenvalue weighted by atomic mass is 10.1. The maximum Gasteiger partial charge on any atom is 0.267 e. The predicted octanol–water partition coefficient (Wildman–Crippen LogP) is 1.54. The number of unbranched alkanes of at least 4 members (excludes halogenated alkanes) is 2. The lowest BCUT2D eigenvalue weighted by Crippen LogP contribution is -2.29. The number of carboxylic acids is 1. The number of hydrogen-bond donors (Lipinski definition) is 0. The molecule has 0 aromatic heterocycles. The second-order valence-electron chi connectivity index (χ2n) is 6.09. The largest absolute Gasteiger partial charge is 0.550 e. The Morgan fingerprint density at radius 3 is 2.62 bits per heavy atom. The normalized spacial score (nSPS) is 19.5. The predicted molar refractivity (Wildman–Crippen MR) is 102 cm³/mol. The number of hydrogen-bond acceptors (Lipinski definition) is 6. The van der Waals surface area contributed by atoms with Crippen molar-refractivity contribution in [3.05, 3.63) is 34.7 Å². The Bertz CT molecular complexity index is 834. The van der Waals surface area contributed by atoms with E-state index in [9.17, 15) is 19.5 Å². The first-order chi connectivity index (χ1) is 12.4. The van der Waals surface area contributed by atoms with E-state index in [0.29, 0.717) is 40.6 Å². The molecule has 1 aromatic rings. The number of carboxylic acid groups (broad SMARTS) is 1. The minimum atomic E-state index is -1.07. The molecule has 0 aliphatic carbocycles. The van der Waals surface area contributed by atoms with Gasteiger partial charge in [-0.05, 0) is 25.3 Å². The zero-order chi connectivity index (χ0) is 18.8. The Hall–Kier alpha value is -2.19. The minimum absolute atomic E-state index is 0.0140. The van der Waals surface area contributed by atoms with Crippen molar-refractivity contribution in [3.8, 4) is 0 Å². The molecular weight excluding hydrogens is 372 g/mol. The van der Waals surface area contributed by atoms with Crippen LogP contribution in [0, 0.1) is 0 Å². The number of thiocarbonyl (C=S) groups is 1. The SMILES string of the molecule is CN1C(=O)C(=C2SC(=S)N(CCCCCC(=O)[O-])C2=O)c2ccccc21. The van der Waals surface area contributed by atoms with Crippen molar-refractivity contribution in [1.82, 2.24) is 4.90 Å². The molecule has 1 fully saturated rings. The number of thioether (sulfide) groups is 1. The van der Waals surface area contributed by atoms with Gasteiger partial charge in [0.25, 0.3) is 11.8 Å². The molecule has 0 spiro atoms. The fourth-order valence-electron chi connectivity index (χ4n) is 3.05. The number of carbonyl (C=O) groups is 3. The summed E-state index contributed by atoms with van der Waals surface area (Å²) >= 11 is 6.47. The number of carbonyl (C=O) groups excluding carboxylic acids is 3. The van der Waals surface area contributed by atoms with Crippen molar-refractivity contribution in [3.63, 3.8) is 0 Å². The van der Waals surface area contributed by atoms with E-state index in [4.69, 9.17) is 12.2 Å². The molecule has 1 saturated heterocycles. The quantitative estimate of drug-likeness (QED) is 0.417. The van der Waals surface area contributed by atoms with Gasteiger partial charge in [0.15, 0.2) is 0 Å². The van der Waals surface area contributed by atoms with Gasteiger partial charge in [0.1, 0.15) is 4.32 Å². The molecule has 0 N–H and O–H groups in total. The van der Waals surface area contributed by atoms with E-state index in [1.54, 1.807) is 7.05 Å². The molecule has 0 atom stereocenters. The van der Waals surface area contributed by atoms with Crippen LogP contribution in [0.3, 0.4) is 0 Å².